The lowest BCUT2D eigenvalue weighted by Gasteiger charge is -1.63. The molecule has 30 valence electrons. The number of hydrogen-bond donors (Lipinski definition) is 0. The first-order valence-electron chi connectivity index (χ1n) is 1.59. The summed E-state index contributed by atoms with van der Waals surface area (Å²) in [6, 6.07) is 0. The number of alkyl halides is 1. The Hall–Kier alpha value is 0.470. The van der Waals surface area contributed by atoms with E-state index in [0.29, 0.717) is 0 Å². The van der Waals surface area contributed by atoms with Gasteiger partial charge in [0.2, 0.25) is 0 Å². The van der Waals surface area contributed by atoms with Gasteiger partial charge < -0.3 is 0 Å². The van der Waals surface area contributed by atoms with Gasteiger partial charge in [0.15, 0.2) is 0 Å². The Morgan fingerprint density at radius 3 is 2.40 bits per heavy atom. The fraction of sp³-hybridized carbons (Fsp3) is 0.500. The maximum absolute atomic E-state index is 2.30. The molecule has 0 N–H and O–H groups in total. The summed E-state index contributed by atoms with van der Waals surface area (Å²) in [7, 11) is 0. The lowest BCUT2D eigenvalue weighted by atomic mass is 10.6. The van der Waals surface area contributed by atoms with Crippen LogP contribution < -0.4 is 0 Å². The van der Waals surface area contributed by atoms with Crippen LogP contribution in [-0.4, -0.2) is 4.43 Å². The maximum Gasteiger partial charge on any atom is 0.0175 e. The summed E-state index contributed by atoms with van der Waals surface area (Å²) in [5.74, 6) is 0. The lowest BCUT2D eigenvalue weighted by molar-refractivity contribution is 1.68. The predicted molar refractivity (Wildman–Crippen MR) is 33.7 cm³/mol. The van der Waals surface area contributed by atoms with Crippen LogP contribution in [0.2, 0.25) is 0 Å². The molecule has 0 aromatic rings. The lowest BCUT2D eigenvalue weighted by Crippen LogP contribution is -1.49. The minimum atomic E-state index is 1.13. The maximum atomic E-state index is 2.30. The van der Waals surface area contributed by atoms with Crippen molar-refractivity contribution in [2.24, 2.45) is 0 Å². The molecule has 0 bridgehead atoms. The molecule has 0 aliphatic heterocycles. The van der Waals surface area contributed by atoms with Gasteiger partial charge in [-0.05, 0) is 6.92 Å². The molecule has 0 radical (unpaired) electrons. The van der Waals surface area contributed by atoms with Gasteiger partial charge in [-0.15, -0.1) is 0 Å². The first-order valence-corrected chi connectivity index (χ1v) is 3.11. The standard InChI is InChI=1S/C4H7I/c1-2-3-4-5/h2-3H,4H2,1H3/b3-2+. The second-order valence-corrected chi connectivity index (χ2v) is 1.60. The Kier molecular flexibility index (Phi) is 4.89. The molecule has 0 spiro atoms. The van der Waals surface area contributed by atoms with Gasteiger partial charge in [0.05, 0.1) is 0 Å². The molecule has 0 atom stereocenters. The molecule has 0 unspecified atom stereocenters. The molecule has 0 saturated heterocycles. The second-order valence-electron chi connectivity index (χ2n) is 0.723. The minimum Gasteiger partial charge on any atom is -0.0909 e. The molecule has 1 heteroatoms. The van der Waals surface area contributed by atoms with Crippen molar-refractivity contribution in [3.8, 4) is 0 Å². The normalized spacial score (nSPS) is 10.0. The predicted octanol–water partition coefficient (Wildman–Crippen LogP) is 2.00. The number of halogens is 1. The van der Waals surface area contributed by atoms with Crippen LogP contribution in [0.1, 0.15) is 6.92 Å². The summed E-state index contributed by atoms with van der Waals surface area (Å²) >= 11 is 2.30. The summed E-state index contributed by atoms with van der Waals surface area (Å²) in [4.78, 5) is 0. The highest BCUT2D eigenvalue weighted by Gasteiger charge is 1.54. The van der Waals surface area contributed by atoms with Gasteiger partial charge in [0, 0.05) is 4.43 Å². The SMILES string of the molecule is C/C=C/CI. The zero-order valence-electron chi connectivity index (χ0n) is 3.24. The van der Waals surface area contributed by atoms with E-state index in [9.17, 15) is 0 Å². The highest BCUT2D eigenvalue weighted by atomic mass is 127. The third-order valence-electron chi connectivity index (χ3n) is 0.325. The van der Waals surface area contributed by atoms with E-state index in [4.69, 9.17) is 0 Å². The molecule has 0 amide bonds. The van der Waals surface area contributed by atoms with Crippen molar-refractivity contribution in [3.63, 3.8) is 0 Å². The zero-order chi connectivity index (χ0) is 4.12. The van der Waals surface area contributed by atoms with Crippen molar-refractivity contribution in [2.45, 2.75) is 6.92 Å². The van der Waals surface area contributed by atoms with Gasteiger partial charge in [-0.2, -0.15) is 0 Å². The summed E-state index contributed by atoms with van der Waals surface area (Å²) < 4.78 is 1.13. The molecule has 0 nitrogen and oxygen atoms in total. The van der Waals surface area contributed by atoms with E-state index < -0.39 is 0 Å². The van der Waals surface area contributed by atoms with Crippen LogP contribution in [0.5, 0.6) is 0 Å². The smallest absolute Gasteiger partial charge is 0.0175 e. The van der Waals surface area contributed by atoms with E-state index in [1.54, 1.807) is 0 Å². The molecule has 0 aromatic heterocycles. The highest BCUT2D eigenvalue weighted by Crippen LogP contribution is 1.79. The van der Waals surface area contributed by atoms with Gasteiger partial charge in [-0.25, -0.2) is 0 Å². The Morgan fingerprint density at radius 1 is 1.80 bits per heavy atom. The van der Waals surface area contributed by atoms with Crippen LogP contribution in [0, 0.1) is 0 Å². The van der Waals surface area contributed by atoms with E-state index in [1.807, 2.05) is 13.0 Å². The Labute approximate surface area is 46.4 Å². The molecule has 0 heterocycles. The molecule has 0 fully saturated rings. The quantitative estimate of drug-likeness (QED) is 0.330. The van der Waals surface area contributed by atoms with Crippen LogP contribution in [0.25, 0.3) is 0 Å². The van der Waals surface area contributed by atoms with Crippen molar-refractivity contribution >= 4 is 22.6 Å². The summed E-state index contributed by atoms with van der Waals surface area (Å²) in [5.41, 5.74) is 0. The number of allylic oxidation sites excluding steroid dienone is 2. The van der Waals surface area contributed by atoms with E-state index in [2.05, 4.69) is 28.7 Å². The van der Waals surface area contributed by atoms with Gasteiger partial charge in [0.1, 0.15) is 0 Å². The molecule has 0 aliphatic rings. The molecular formula is C4H7I. The topological polar surface area (TPSA) is 0 Å². The van der Waals surface area contributed by atoms with Crippen LogP contribution in [0.4, 0.5) is 0 Å². The zero-order valence-corrected chi connectivity index (χ0v) is 5.40. The molecule has 0 aromatic carbocycles. The van der Waals surface area contributed by atoms with E-state index in [1.165, 1.54) is 0 Å². The summed E-state index contributed by atoms with van der Waals surface area (Å²) in [6.45, 7) is 2.03. The van der Waals surface area contributed by atoms with E-state index in [0.717, 1.165) is 4.43 Å². The number of rotatable bonds is 1. The summed E-state index contributed by atoms with van der Waals surface area (Å²) in [6.07, 6.45) is 4.16. The van der Waals surface area contributed by atoms with Crippen molar-refractivity contribution in [2.75, 3.05) is 4.43 Å². The number of hydrogen-bond acceptors (Lipinski definition) is 0. The summed E-state index contributed by atoms with van der Waals surface area (Å²) in [5, 5.41) is 0. The average Bonchev–Trinajstić information content (AvgIpc) is 1.41. The third kappa shape index (κ3) is 4.47. The van der Waals surface area contributed by atoms with E-state index >= 15 is 0 Å². The third-order valence-corrected chi connectivity index (χ3v) is 0.833. The van der Waals surface area contributed by atoms with Crippen LogP contribution in [0.3, 0.4) is 0 Å². The molecule has 0 saturated carbocycles. The first kappa shape index (κ1) is 5.47. The Morgan fingerprint density at radius 2 is 2.40 bits per heavy atom. The second kappa shape index (κ2) is 4.47. The highest BCUT2D eigenvalue weighted by molar-refractivity contribution is 14.1. The fourth-order valence-electron chi connectivity index (χ4n) is 0.0891. The van der Waals surface area contributed by atoms with Gasteiger partial charge >= 0.3 is 0 Å². The average molecular weight is 182 g/mol. The van der Waals surface area contributed by atoms with Crippen molar-refractivity contribution < 1.29 is 0 Å². The van der Waals surface area contributed by atoms with Gasteiger partial charge in [-0.3, -0.25) is 0 Å². The largest absolute Gasteiger partial charge is 0.0909 e. The van der Waals surface area contributed by atoms with Gasteiger partial charge in [-0.1, -0.05) is 34.7 Å². The Balaban J connectivity index is 2.62. The van der Waals surface area contributed by atoms with Gasteiger partial charge in [0.25, 0.3) is 0 Å². The van der Waals surface area contributed by atoms with Crippen LogP contribution in [-0.2, 0) is 0 Å². The van der Waals surface area contributed by atoms with Crippen molar-refractivity contribution in [3.05, 3.63) is 12.2 Å². The van der Waals surface area contributed by atoms with Crippen molar-refractivity contribution in [1.82, 2.24) is 0 Å². The van der Waals surface area contributed by atoms with Crippen molar-refractivity contribution in [1.29, 1.82) is 0 Å². The van der Waals surface area contributed by atoms with Crippen LogP contribution in [0.15, 0.2) is 12.2 Å². The minimum absolute atomic E-state index is 1.13. The fourth-order valence-corrected chi connectivity index (χ4v) is 0.598. The Bertz CT molecular complexity index is 30.6. The molecule has 0 aliphatic carbocycles. The van der Waals surface area contributed by atoms with Crippen LogP contribution >= 0.6 is 22.6 Å². The molecule has 5 heavy (non-hydrogen) atoms. The molecule has 0 rings (SSSR count). The van der Waals surface area contributed by atoms with E-state index in [-0.39, 0.29) is 0 Å². The first-order chi connectivity index (χ1) is 2.41. The monoisotopic (exact) mass is 182 g/mol. The molecular weight excluding hydrogens is 175 g/mol.